The summed E-state index contributed by atoms with van der Waals surface area (Å²) in [6, 6.07) is 25.2. The molecule has 9 N–H and O–H groups in total. The number of allylic oxidation sites excluding steroid dienone is 1. The molecule has 0 aromatic heterocycles. The van der Waals surface area contributed by atoms with Gasteiger partial charge in [0.15, 0.2) is 35.3 Å². The van der Waals surface area contributed by atoms with Crippen molar-refractivity contribution in [3.8, 4) is 17.2 Å². The van der Waals surface area contributed by atoms with Crippen LogP contribution in [0.25, 0.3) is 0 Å². The maximum atomic E-state index is 16.5. The van der Waals surface area contributed by atoms with Gasteiger partial charge in [-0.2, -0.15) is 0 Å². The summed E-state index contributed by atoms with van der Waals surface area (Å²) in [6.45, 7) is 7.20. The Hall–Kier alpha value is -9.81. The van der Waals surface area contributed by atoms with Crippen molar-refractivity contribution in [2.75, 3.05) is 45.0 Å². The second kappa shape index (κ2) is 33.0. The van der Waals surface area contributed by atoms with Crippen LogP contribution in [0.5, 0.6) is 17.2 Å². The van der Waals surface area contributed by atoms with Gasteiger partial charge in [0.25, 0.3) is 5.91 Å². The minimum absolute atomic E-state index is 0.000527. The molecule has 33 heteroatoms. The lowest BCUT2D eigenvalue weighted by Crippen LogP contribution is -2.81. The second-order valence-corrected chi connectivity index (χ2v) is 32.3. The van der Waals surface area contributed by atoms with Crippen LogP contribution < -0.4 is 15.4 Å². The maximum absolute atomic E-state index is 16.5. The number of aliphatic hydroxyl groups is 5. The van der Waals surface area contributed by atoms with E-state index in [1.807, 2.05) is 0 Å². The molecule has 2 bridgehead atoms. The van der Waals surface area contributed by atoms with Crippen LogP contribution in [-0.2, 0) is 77.8 Å². The monoisotopic (exact) mass is 1600 g/mol. The standard InChI is InChI=1S/C80H86N2O29S2/c1-38-49(108-73(96)66(92)60(42-19-12-9-13-20-42)82-71(94)43-21-14-10-15-22-43)35-80(100)70(110-72(95)44-23-16-11-17-24-44)68-77(7,69(93)67(106-40(3)84)59(38)76(80,5)6)52(32-53-79(68,37-104-53)111-41(4)85)109-75(98)103-28-30-113-112-29-27-102-74(97)81-47-31-54(105-39(2)61(47)87)107-50-34-78(99,51(86)36-83)33-46-56(50)65(91)58-57(63(46)89)62(88)45-25-18-26-48(101-8)55(45)64(58)90/h9-26,38-39,47,49-50,52-54,60-61,66,68,70,83,87,89,91-92,99-100H,27-37H2,1-8H3,(H,81,97)(H,82,94)/t38?,39?,47?,49-,50-,52-,53+,54?,60-,61?,66+,68-,70-,77+,78?,79-,80+/m0/s1. The Morgan fingerprint density at radius 2 is 1.37 bits per heavy atom. The van der Waals surface area contributed by atoms with Gasteiger partial charge in [0.1, 0.15) is 78.8 Å². The third-order valence-corrected chi connectivity index (χ3v) is 25.0. The summed E-state index contributed by atoms with van der Waals surface area (Å²) in [7, 11) is 3.63. The molecule has 2 saturated heterocycles. The highest BCUT2D eigenvalue weighted by molar-refractivity contribution is 8.76. The number of benzene rings is 5. The van der Waals surface area contributed by atoms with Crippen LogP contribution in [0.15, 0.2) is 121 Å². The molecule has 2 aliphatic heterocycles. The van der Waals surface area contributed by atoms with Crippen molar-refractivity contribution in [1.29, 1.82) is 0 Å². The van der Waals surface area contributed by atoms with Crippen LogP contribution in [0.4, 0.5) is 9.59 Å². The van der Waals surface area contributed by atoms with Crippen LogP contribution in [0.1, 0.15) is 156 Å². The van der Waals surface area contributed by atoms with E-state index in [1.54, 1.807) is 66.7 Å². The van der Waals surface area contributed by atoms with Crippen molar-refractivity contribution in [3.05, 3.63) is 171 Å². The van der Waals surface area contributed by atoms with E-state index in [4.69, 9.17) is 52.1 Å². The van der Waals surface area contributed by atoms with E-state index in [-0.39, 0.29) is 75.8 Å². The lowest BCUT2D eigenvalue weighted by molar-refractivity contribution is -0.345. The van der Waals surface area contributed by atoms with Gasteiger partial charge < -0.3 is 98.5 Å². The summed E-state index contributed by atoms with van der Waals surface area (Å²) in [4.78, 5) is 156. The van der Waals surface area contributed by atoms with Crippen LogP contribution in [-0.4, -0.2) is 218 Å². The average molecular weight is 1600 g/mol. The first-order chi connectivity index (χ1) is 53.6. The van der Waals surface area contributed by atoms with Crippen molar-refractivity contribution in [3.63, 3.8) is 0 Å². The normalized spacial score (nSPS) is 29.0. The Morgan fingerprint density at radius 3 is 1.99 bits per heavy atom. The van der Waals surface area contributed by atoms with Gasteiger partial charge in [-0.15, -0.1) is 0 Å². The molecule has 6 unspecified atom stereocenters. The molecule has 17 atom stereocenters. The van der Waals surface area contributed by atoms with Crippen molar-refractivity contribution >= 4 is 86.8 Å². The number of methoxy groups -OCH3 is 1. The first-order valence-electron chi connectivity index (χ1n) is 36.5. The number of Topliss-reactive ketones (excluding diaryl/α,β-unsaturated/α-hetero) is 2. The molecule has 5 aromatic carbocycles. The number of ketones is 4. The number of nitrogens with one attached hydrogen (secondary N) is 2. The number of rotatable bonds is 24. The molecule has 4 fully saturated rings. The average Bonchev–Trinajstić information content (AvgIpc) is 0.665. The van der Waals surface area contributed by atoms with Crippen LogP contribution in [0.2, 0.25) is 0 Å². The van der Waals surface area contributed by atoms with Crippen molar-refractivity contribution in [2.45, 2.75) is 165 Å². The summed E-state index contributed by atoms with van der Waals surface area (Å²) in [5.74, 6) is -14.0. The zero-order valence-electron chi connectivity index (χ0n) is 62.6. The number of ether oxygens (including phenoxy) is 11. The van der Waals surface area contributed by atoms with E-state index >= 15 is 4.79 Å². The molecule has 602 valence electrons. The van der Waals surface area contributed by atoms with E-state index in [2.05, 4.69) is 10.6 Å². The Kier molecular flexibility index (Phi) is 24.1. The van der Waals surface area contributed by atoms with Gasteiger partial charge >= 0.3 is 36.1 Å². The van der Waals surface area contributed by atoms with Gasteiger partial charge in [0.05, 0.1) is 71.6 Å². The van der Waals surface area contributed by atoms with Gasteiger partial charge in [-0.05, 0) is 55.3 Å². The third-order valence-electron chi connectivity index (χ3n) is 22.6. The molecule has 12 rings (SSSR count). The summed E-state index contributed by atoms with van der Waals surface area (Å²) in [6.07, 6.45) is -19.3. The minimum atomic E-state index is -2.60. The maximum Gasteiger partial charge on any atom is 0.508 e. The summed E-state index contributed by atoms with van der Waals surface area (Å²) < 4.78 is 66.0. The number of hydrogen-bond donors (Lipinski definition) is 9. The summed E-state index contributed by atoms with van der Waals surface area (Å²) in [5, 5.41) is 88.3. The quantitative estimate of drug-likeness (QED) is 0.0106. The molecule has 31 nitrogen and oxygen atoms in total. The number of amides is 2. The molecule has 5 aliphatic carbocycles. The highest BCUT2D eigenvalue weighted by Gasteiger charge is 2.79. The number of phenols is 2. The number of carbonyl (C=O) groups is 11. The molecule has 2 heterocycles. The lowest BCUT2D eigenvalue weighted by Gasteiger charge is -2.67. The second-order valence-electron chi connectivity index (χ2n) is 29.6. The fraction of sp³-hybridized carbons (Fsp3) is 0.463. The first-order valence-corrected chi connectivity index (χ1v) is 38.9. The molecule has 2 saturated carbocycles. The Balaban J connectivity index is 0.731. The molecular formula is C80H86N2O29S2. The highest BCUT2D eigenvalue weighted by atomic mass is 33.1. The van der Waals surface area contributed by atoms with Crippen molar-refractivity contribution < 1.29 is 141 Å². The Morgan fingerprint density at radius 1 is 0.735 bits per heavy atom. The number of aliphatic hydroxyl groups excluding tert-OH is 3. The minimum Gasteiger partial charge on any atom is -0.507 e. The number of alkyl carbamates (subject to hydrolysis) is 1. The zero-order chi connectivity index (χ0) is 81.6. The molecule has 2 amide bonds. The number of fused-ring (bicyclic) bond motifs is 8. The van der Waals surface area contributed by atoms with Crippen LogP contribution >= 0.6 is 21.6 Å². The smallest absolute Gasteiger partial charge is 0.507 e. The van der Waals surface area contributed by atoms with E-state index < -0.39 is 239 Å². The largest absolute Gasteiger partial charge is 0.508 e. The third kappa shape index (κ3) is 15.4. The van der Waals surface area contributed by atoms with Gasteiger partial charge in [-0.1, -0.05) is 121 Å². The number of esters is 4. The van der Waals surface area contributed by atoms with Crippen molar-refractivity contribution in [2.24, 2.45) is 22.7 Å². The van der Waals surface area contributed by atoms with E-state index in [0.29, 0.717) is 5.56 Å². The van der Waals surface area contributed by atoms with Crippen molar-refractivity contribution in [1.82, 2.24) is 10.6 Å². The molecular weight excluding hydrogens is 1520 g/mol. The first kappa shape index (κ1) is 82.6. The molecule has 113 heavy (non-hydrogen) atoms. The van der Waals surface area contributed by atoms with Gasteiger partial charge in [0, 0.05) is 91.0 Å². The molecule has 7 aliphatic rings. The number of carbonyl (C=O) groups excluding carboxylic acids is 11. The zero-order valence-corrected chi connectivity index (χ0v) is 64.2. The number of hydrogen-bond acceptors (Lipinski definition) is 31. The van der Waals surface area contributed by atoms with E-state index in [1.165, 1.54) is 106 Å². The van der Waals surface area contributed by atoms with E-state index in [9.17, 15) is 83.7 Å². The van der Waals surface area contributed by atoms with Gasteiger partial charge in [0.2, 0.25) is 11.6 Å². The summed E-state index contributed by atoms with van der Waals surface area (Å²) in [5.41, 5.74) is -13.1. The molecule has 5 aromatic rings. The number of aromatic hydroxyl groups is 2. The highest BCUT2D eigenvalue weighted by Crippen LogP contribution is 2.66. The predicted octanol–water partition coefficient (Wildman–Crippen LogP) is 6.27. The predicted molar refractivity (Wildman–Crippen MR) is 395 cm³/mol. The Labute approximate surface area is 655 Å². The lowest BCUT2D eigenvalue weighted by atomic mass is 9.45. The SMILES string of the molecule is COc1cccc2c1C(=O)c1c(O)c3c(c(O)c1C2=O)CC(O)(C(=O)CO)C[C@@H]3OC1CC(NC(=O)OCCSSCCOC(=O)O[C@H]2C[C@H]3OC[C@@]3(OC(C)=O)[C@H]3[C@H](OC(=O)c4ccccc4)[C@]4(O)C[C@H](OC(=O)[C@H](O)[C@@H](NC(=O)c5ccccc5)c5ccccc5)C(C)C(=C(OC(C)=O)C(=O)[C@]23C)C4(C)C)C(O)C(C)O1. The fourth-order valence-electron chi connectivity index (χ4n) is 17.0. The van der Waals surface area contributed by atoms with Crippen LogP contribution in [0.3, 0.4) is 0 Å². The molecule has 0 spiro atoms. The number of phenolic OH excluding ortho intramolecular Hbond substituents is 2. The van der Waals surface area contributed by atoms with Crippen LogP contribution in [0, 0.1) is 22.7 Å². The topological polar surface area (TPSA) is 455 Å². The van der Waals surface area contributed by atoms with E-state index in [0.717, 1.165) is 13.8 Å². The van der Waals surface area contributed by atoms with Gasteiger partial charge in [-0.3, -0.25) is 33.6 Å². The van der Waals surface area contributed by atoms with Gasteiger partial charge in [-0.25, -0.2) is 19.2 Å². The fourth-order valence-corrected chi connectivity index (χ4v) is 18.6. The Bertz CT molecular complexity index is 4620. The summed E-state index contributed by atoms with van der Waals surface area (Å²) >= 11 is 0. The molecule has 0 radical (unpaired) electrons.